The Hall–Kier alpha value is -1.39. The highest BCUT2D eigenvalue weighted by atomic mass is 16.4. The smallest absolute Gasteiger partial charge is 0.306 e. The van der Waals surface area contributed by atoms with Crippen molar-refractivity contribution in [3.63, 3.8) is 0 Å². The molecule has 4 nitrogen and oxygen atoms in total. The number of hydrogen-bond donors (Lipinski definition) is 2. The standard InChI is InChI=1S/C16H23NO3/c18-15(11-16(19)20)12-17-8-6-14(7-9-17)10-13-4-2-1-3-5-13/h1-5,14-15,18H,6-12H2,(H,19,20). The third kappa shape index (κ3) is 4.94. The molecule has 4 heteroatoms. The number of rotatable bonds is 6. The van der Waals surface area contributed by atoms with Gasteiger partial charge in [0.2, 0.25) is 0 Å². The number of β-amino-alcohol motifs (C(OH)–C–C–N with tert-alkyl or cyclic N) is 1. The van der Waals surface area contributed by atoms with Crippen molar-refractivity contribution in [1.29, 1.82) is 0 Å². The van der Waals surface area contributed by atoms with Gasteiger partial charge in [0.15, 0.2) is 0 Å². The molecule has 0 bridgehead atoms. The Morgan fingerprint density at radius 3 is 2.50 bits per heavy atom. The Labute approximate surface area is 120 Å². The zero-order valence-electron chi connectivity index (χ0n) is 11.7. The average Bonchev–Trinajstić information content (AvgIpc) is 2.41. The fourth-order valence-corrected chi connectivity index (χ4v) is 2.88. The normalized spacial score (nSPS) is 18.9. The van der Waals surface area contributed by atoms with Gasteiger partial charge < -0.3 is 15.1 Å². The number of piperidine rings is 1. The Morgan fingerprint density at radius 2 is 1.90 bits per heavy atom. The van der Waals surface area contributed by atoms with Crippen LogP contribution in [0.4, 0.5) is 0 Å². The lowest BCUT2D eigenvalue weighted by atomic mass is 9.90. The number of likely N-dealkylation sites (tertiary alicyclic amines) is 1. The van der Waals surface area contributed by atoms with Crippen LogP contribution in [0, 0.1) is 5.92 Å². The number of carbonyl (C=O) groups is 1. The molecule has 1 aromatic carbocycles. The zero-order valence-corrected chi connectivity index (χ0v) is 11.7. The fraction of sp³-hybridized carbons (Fsp3) is 0.562. The van der Waals surface area contributed by atoms with Gasteiger partial charge in [-0.1, -0.05) is 30.3 Å². The summed E-state index contributed by atoms with van der Waals surface area (Å²) in [6, 6.07) is 10.5. The second kappa shape index (κ2) is 7.41. The highest BCUT2D eigenvalue weighted by molar-refractivity contribution is 5.67. The Bertz CT molecular complexity index is 413. The van der Waals surface area contributed by atoms with Gasteiger partial charge >= 0.3 is 5.97 Å². The summed E-state index contributed by atoms with van der Waals surface area (Å²) in [6.07, 6.45) is 2.44. The van der Waals surface area contributed by atoms with Gasteiger partial charge in [-0.15, -0.1) is 0 Å². The summed E-state index contributed by atoms with van der Waals surface area (Å²) in [4.78, 5) is 12.7. The van der Waals surface area contributed by atoms with E-state index < -0.39 is 12.1 Å². The summed E-state index contributed by atoms with van der Waals surface area (Å²) >= 11 is 0. The number of aliphatic hydroxyl groups excluding tert-OH is 1. The SMILES string of the molecule is O=C(O)CC(O)CN1CCC(Cc2ccccc2)CC1. The first kappa shape index (κ1) is 15.0. The minimum absolute atomic E-state index is 0.163. The molecule has 1 atom stereocenters. The van der Waals surface area contributed by atoms with E-state index in [1.807, 2.05) is 6.07 Å². The number of aliphatic hydroxyl groups is 1. The van der Waals surface area contributed by atoms with Crippen molar-refractivity contribution in [2.45, 2.75) is 31.8 Å². The molecule has 1 unspecified atom stereocenters. The van der Waals surface area contributed by atoms with Gasteiger partial charge in [-0.3, -0.25) is 4.79 Å². The molecular weight excluding hydrogens is 254 g/mol. The van der Waals surface area contributed by atoms with Crippen LogP contribution in [0.5, 0.6) is 0 Å². The maximum absolute atomic E-state index is 10.5. The molecule has 20 heavy (non-hydrogen) atoms. The van der Waals surface area contributed by atoms with Gasteiger partial charge in [-0.05, 0) is 43.8 Å². The molecule has 2 N–H and O–H groups in total. The van der Waals surface area contributed by atoms with Crippen LogP contribution in [0.25, 0.3) is 0 Å². The van der Waals surface area contributed by atoms with E-state index in [0.717, 1.165) is 32.4 Å². The van der Waals surface area contributed by atoms with Crippen LogP contribution in [-0.2, 0) is 11.2 Å². The maximum atomic E-state index is 10.5. The molecule has 0 radical (unpaired) electrons. The lowest BCUT2D eigenvalue weighted by molar-refractivity contribution is -0.139. The van der Waals surface area contributed by atoms with Crippen LogP contribution in [0.15, 0.2) is 30.3 Å². The van der Waals surface area contributed by atoms with E-state index in [2.05, 4.69) is 29.2 Å². The molecule has 2 rings (SSSR count). The van der Waals surface area contributed by atoms with E-state index in [0.29, 0.717) is 12.5 Å². The molecule has 0 saturated carbocycles. The molecule has 0 spiro atoms. The van der Waals surface area contributed by atoms with Gasteiger partial charge in [0.25, 0.3) is 0 Å². The minimum Gasteiger partial charge on any atom is -0.481 e. The molecule has 1 aromatic rings. The lowest BCUT2D eigenvalue weighted by Crippen LogP contribution is -2.39. The van der Waals surface area contributed by atoms with Crippen LogP contribution >= 0.6 is 0 Å². The first-order chi connectivity index (χ1) is 9.63. The zero-order chi connectivity index (χ0) is 14.4. The second-order valence-electron chi connectivity index (χ2n) is 5.69. The third-order valence-corrected chi connectivity index (χ3v) is 3.95. The van der Waals surface area contributed by atoms with E-state index in [1.165, 1.54) is 5.56 Å². The van der Waals surface area contributed by atoms with Crippen LogP contribution in [0.3, 0.4) is 0 Å². The predicted octanol–water partition coefficient (Wildman–Crippen LogP) is 1.78. The Morgan fingerprint density at radius 1 is 1.25 bits per heavy atom. The Kier molecular flexibility index (Phi) is 5.56. The van der Waals surface area contributed by atoms with Gasteiger partial charge in [0.05, 0.1) is 12.5 Å². The average molecular weight is 277 g/mol. The summed E-state index contributed by atoms with van der Waals surface area (Å²) in [5.41, 5.74) is 1.39. The summed E-state index contributed by atoms with van der Waals surface area (Å²) in [7, 11) is 0. The largest absolute Gasteiger partial charge is 0.481 e. The third-order valence-electron chi connectivity index (χ3n) is 3.95. The van der Waals surface area contributed by atoms with Crippen molar-refractivity contribution in [3.8, 4) is 0 Å². The molecule has 1 aliphatic rings. The topological polar surface area (TPSA) is 60.8 Å². The van der Waals surface area contributed by atoms with Crippen molar-refractivity contribution in [2.75, 3.05) is 19.6 Å². The molecule has 110 valence electrons. The number of nitrogens with zero attached hydrogens (tertiary/aromatic N) is 1. The van der Waals surface area contributed by atoms with Crippen LogP contribution in [-0.4, -0.2) is 46.8 Å². The summed E-state index contributed by atoms with van der Waals surface area (Å²) in [5, 5.41) is 18.3. The van der Waals surface area contributed by atoms with Crippen molar-refractivity contribution in [1.82, 2.24) is 4.90 Å². The second-order valence-corrected chi connectivity index (χ2v) is 5.69. The van der Waals surface area contributed by atoms with Gasteiger partial charge in [-0.2, -0.15) is 0 Å². The first-order valence-corrected chi connectivity index (χ1v) is 7.29. The number of benzene rings is 1. The fourth-order valence-electron chi connectivity index (χ4n) is 2.88. The van der Waals surface area contributed by atoms with Crippen LogP contribution < -0.4 is 0 Å². The van der Waals surface area contributed by atoms with Crippen molar-refractivity contribution in [3.05, 3.63) is 35.9 Å². The molecule has 1 heterocycles. The number of carboxylic acid groups (broad SMARTS) is 1. The van der Waals surface area contributed by atoms with Crippen molar-refractivity contribution in [2.24, 2.45) is 5.92 Å². The quantitative estimate of drug-likeness (QED) is 0.832. The number of aliphatic carboxylic acids is 1. The van der Waals surface area contributed by atoms with Crippen LogP contribution in [0.1, 0.15) is 24.8 Å². The van der Waals surface area contributed by atoms with Crippen LogP contribution in [0.2, 0.25) is 0 Å². The molecule has 1 fully saturated rings. The van der Waals surface area contributed by atoms with Crippen molar-refractivity contribution < 1.29 is 15.0 Å². The molecule has 0 aliphatic carbocycles. The van der Waals surface area contributed by atoms with E-state index in [1.54, 1.807) is 0 Å². The van der Waals surface area contributed by atoms with Gasteiger partial charge in [0.1, 0.15) is 0 Å². The molecular formula is C16H23NO3. The Balaban J connectivity index is 1.71. The summed E-state index contributed by atoms with van der Waals surface area (Å²) in [5.74, 6) is -0.235. The number of hydrogen-bond acceptors (Lipinski definition) is 3. The lowest BCUT2D eigenvalue weighted by Gasteiger charge is -2.33. The monoisotopic (exact) mass is 277 g/mol. The van der Waals surface area contributed by atoms with Gasteiger partial charge in [0, 0.05) is 6.54 Å². The minimum atomic E-state index is -0.934. The first-order valence-electron chi connectivity index (χ1n) is 7.29. The molecule has 0 amide bonds. The molecule has 1 aliphatic heterocycles. The highest BCUT2D eigenvalue weighted by Crippen LogP contribution is 2.21. The number of carboxylic acids is 1. The van der Waals surface area contributed by atoms with E-state index in [4.69, 9.17) is 5.11 Å². The maximum Gasteiger partial charge on any atom is 0.306 e. The van der Waals surface area contributed by atoms with Gasteiger partial charge in [-0.25, -0.2) is 0 Å². The molecule has 0 aromatic heterocycles. The van der Waals surface area contributed by atoms with E-state index in [-0.39, 0.29) is 6.42 Å². The summed E-state index contributed by atoms with van der Waals surface area (Å²) in [6.45, 7) is 2.38. The predicted molar refractivity (Wildman–Crippen MR) is 77.6 cm³/mol. The highest BCUT2D eigenvalue weighted by Gasteiger charge is 2.21. The van der Waals surface area contributed by atoms with Crippen molar-refractivity contribution >= 4 is 5.97 Å². The molecule has 1 saturated heterocycles. The summed E-state index contributed by atoms with van der Waals surface area (Å²) < 4.78 is 0. The van der Waals surface area contributed by atoms with E-state index >= 15 is 0 Å². The van der Waals surface area contributed by atoms with E-state index in [9.17, 15) is 9.90 Å².